The maximum Gasteiger partial charge on any atom is 0.0594 e. The van der Waals surface area contributed by atoms with Gasteiger partial charge in [0.1, 0.15) is 0 Å². The van der Waals surface area contributed by atoms with E-state index in [4.69, 9.17) is 0 Å². The van der Waals surface area contributed by atoms with Gasteiger partial charge in [-0.15, -0.1) is 0 Å². The third-order valence-corrected chi connectivity index (χ3v) is 22.6. The van der Waals surface area contributed by atoms with Crippen molar-refractivity contribution in [2.75, 3.05) is 49.3 Å². The Kier molecular flexibility index (Phi) is 40.2. The van der Waals surface area contributed by atoms with Gasteiger partial charge in [-0.25, -0.2) is 0 Å². The zero-order valence-electron chi connectivity index (χ0n) is 36.6. The van der Waals surface area contributed by atoms with Crippen LogP contribution >= 0.6 is 14.5 Å². The van der Waals surface area contributed by atoms with E-state index < -0.39 is 14.5 Å². The Morgan fingerprint density at radius 2 is 0.300 bits per heavy atom. The van der Waals surface area contributed by atoms with Crippen LogP contribution in [0.1, 0.15) is 260 Å². The molecule has 302 valence electrons. The predicted molar refractivity (Wildman–Crippen MR) is 244 cm³/mol. The molecule has 0 aromatic carbocycles. The molecule has 0 nitrogen and oxygen atoms in total. The summed E-state index contributed by atoms with van der Waals surface area (Å²) in [5.41, 5.74) is 0. The van der Waals surface area contributed by atoms with Crippen LogP contribution in [0.15, 0.2) is 0 Å². The molecule has 0 aromatic rings. The predicted octanol–water partition coefficient (Wildman–Crippen LogP) is 18.4. The van der Waals surface area contributed by atoms with Crippen molar-refractivity contribution in [1.82, 2.24) is 0 Å². The van der Waals surface area contributed by atoms with Crippen molar-refractivity contribution in [1.29, 1.82) is 0 Å². The van der Waals surface area contributed by atoms with Crippen molar-refractivity contribution < 1.29 is 0 Å². The van der Waals surface area contributed by atoms with Gasteiger partial charge in [-0.3, -0.25) is 0 Å². The van der Waals surface area contributed by atoms with Crippen LogP contribution in [-0.4, -0.2) is 49.3 Å². The van der Waals surface area contributed by atoms with Crippen molar-refractivity contribution >= 4 is 14.5 Å². The summed E-state index contributed by atoms with van der Waals surface area (Å²) < 4.78 is 0. The molecular weight excluding hydrogens is 638 g/mol. The zero-order valence-corrected chi connectivity index (χ0v) is 38.4. The van der Waals surface area contributed by atoms with Gasteiger partial charge in [-0.05, 0) is 83.5 Å². The van der Waals surface area contributed by atoms with Crippen LogP contribution < -0.4 is 0 Å². The molecule has 0 bridgehead atoms. The van der Waals surface area contributed by atoms with Crippen molar-refractivity contribution in [3.8, 4) is 0 Å². The first-order chi connectivity index (χ1) is 24.6. The average molecular weight is 741 g/mol. The fourth-order valence-electron chi connectivity index (χ4n) is 8.81. The summed E-state index contributed by atoms with van der Waals surface area (Å²) in [6, 6.07) is 0. The Morgan fingerprint density at radius 3 is 0.480 bits per heavy atom. The van der Waals surface area contributed by atoms with E-state index in [1.807, 2.05) is 0 Å². The Labute approximate surface area is 322 Å². The van der Waals surface area contributed by atoms with Crippen LogP contribution in [0.2, 0.25) is 0 Å². The molecule has 0 atom stereocenters. The second-order valence-electron chi connectivity index (χ2n) is 17.4. The van der Waals surface area contributed by atoms with Gasteiger partial charge < -0.3 is 0 Å². The zero-order chi connectivity index (χ0) is 36.7. The van der Waals surface area contributed by atoms with Crippen LogP contribution in [0.25, 0.3) is 0 Å². The molecule has 0 saturated heterocycles. The molecule has 0 radical (unpaired) electrons. The van der Waals surface area contributed by atoms with Crippen LogP contribution in [0, 0.1) is 0 Å². The lowest BCUT2D eigenvalue weighted by atomic mass is 10.1. The van der Waals surface area contributed by atoms with Crippen LogP contribution in [0.4, 0.5) is 0 Å². The summed E-state index contributed by atoms with van der Waals surface area (Å²) in [6.45, 7) is 14.3. The lowest BCUT2D eigenvalue weighted by molar-refractivity contribution is 0.562. The van der Waals surface area contributed by atoms with Crippen molar-refractivity contribution in [2.45, 2.75) is 260 Å². The van der Waals surface area contributed by atoms with Gasteiger partial charge in [0.2, 0.25) is 0 Å². The third kappa shape index (κ3) is 31.2. The van der Waals surface area contributed by atoms with E-state index in [1.165, 1.54) is 186 Å². The topological polar surface area (TPSA) is 0 Å². The summed E-state index contributed by atoms with van der Waals surface area (Å²) in [5.74, 6) is 0. The van der Waals surface area contributed by atoms with Gasteiger partial charge in [0, 0.05) is 14.5 Å². The summed E-state index contributed by atoms with van der Waals surface area (Å²) in [5, 5.41) is 0. The first-order valence-electron chi connectivity index (χ1n) is 24.3. The molecule has 0 unspecified atom stereocenters. The highest BCUT2D eigenvalue weighted by Crippen LogP contribution is 2.62. The van der Waals surface area contributed by atoms with Crippen molar-refractivity contribution in [3.05, 3.63) is 0 Å². The largest absolute Gasteiger partial charge is 0.0654 e. The maximum atomic E-state index is 2.41. The fourth-order valence-corrected chi connectivity index (χ4v) is 18.9. The summed E-state index contributed by atoms with van der Waals surface area (Å²) >= 11 is 0. The Morgan fingerprint density at radius 1 is 0.160 bits per heavy atom. The summed E-state index contributed by atoms with van der Waals surface area (Å²) in [7, 11) is -1.44. The van der Waals surface area contributed by atoms with Crippen molar-refractivity contribution in [3.63, 3.8) is 0 Å². The van der Waals surface area contributed by atoms with Crippen molar-refractivity contribution in [2.24, 2.45) is 0 Å². The lowest BCUT2D eigenvalue weighted by Crippen LogP contribution is -2.13. The minimum atomic E-state index is -0.770. The molecule has 0 fully saturated rings. The molecule has 0 aliphatic heterocycles. The highest BCUT2D eigenvalue weighted by atomic mass is 31.2. The molecule has 0 spiro atoms. The standard InChI is InChI=1S/C48H102P2/c1-7-13-19-22-31-36-45-50(46-37-32-23-20-14-8-2,47-38-33-24-21-15-9-3)48-40-35-30-28-26-25-27-29-34-39-44-49(41-16-10-4,42-17-11-5)43-18-12-6/h7-48H2,1-6H3/q+2. The molecule has 0 aliphatic rings. The average Bonchev–Trinajstić information content (AvgIpc) is 3.13. The van der Waals surface area contributed by atoms with Gasteiger partial charge >= 0.3 is 0 Å². The smallest absolute Gasteiger partial charge is 0.0594 e. The summed E-state index contributed by atoms with van der Waals surface area (Å²) in [6.07, 6.45) is 63.7. The molecule has 50 heavy (non-hydrogen) atoms. The molecule has 2 heteroatoms. The third-order valence-electron chi connectivity index (χ3n) is 12.4. The van der Waals surface area contributed by atoms with Gasteiger partial charge in [0.15, 0.2) is 0 Å². The van der Waals surface area contributed by atoms with Crippen LogP contribution in [0.3, 0.4) is 0 Å². The van der Waals surface area contributed by atoms with E-state index in [0.29, 0.717) is 0 Å². The number of rotatable bonds is 43. The number of hydrogen-bond acceptors (Lipinski definition) is 0. The Hall–Kier alpha value is 0.860. The highest BCUT2D eigenvalue weighted by molar-refractivity contribution is 7.76. The number of unbranched alkanes of at least 4 members (excludes halogenated alkanes) is 27. The second kappa shape index (κ2) is 39.6. The lowest BCUT2D eigenvalue weighted by Gasteiger charge is -2.28. The van der Waals surface area contributed by atoms with E-state index in [1.54, 1.807) is 81.4 Å². The second-order valence-corrected chi connectivity index (χ2v) is 26.3. The molecular formula is C48H102P2+2. The van der Waals surface area contributed by atoms with E-state index in [9.17, 15) is 0 Å². The number of hydrogen-bond donors (Lipinski definition) is 0. The highest BCUT2D eigenvalue weighted by Gasteiger charge is 2.35. The van der Waals surface area contributed by atoms with Gasteiger partial charge in [0.25, 0.3) is 0 Å². The van der Waals surface area contributed by atoms with E-state index >= 15 is 0 Å². The monoisotopic (exact) mass is 741 g/mol. The minimum absolute atomic E-state index is 0.671. The van der Waals surface area contributed by atoms with E-state index in [2.05, 4.69) is 41.5 Å². The molecule has 0 aliphatic carbocycles. The quantitative estimate of drug-likeness (QED) is 0.0431. The molecule has 0 aromatic heterocycles. The normalized spacial score (nSPS) is 12.4. The molecule has 0 saturated carbocycles. The SMILES string of the molecule is CCCCCCCC[P+](CCCCCCCC)(CCCCCCCC)CCCCCCCCCCCC[P+](CCCC)(CCCC)CCCC. The van der Waals surface area contributed by atoms with Gasteiger partial charge in [0.05, 0.1) is 49.3 Å². The molecule has 0 rings (SSSR count). The molecule has 0 amide bonds. The Bertz CT molecular complexity index is 567. The van der Waals surface area contributed by atoms with Gasteiger partial charge in [-0.2, -0.15) is 0 Å². The van der Waals surface area contributed by atoms with E-state index in [0.717, 1.165) is 0 Å². The van der Waals surface area contributed by atoms with Crippen LogP contribution in [-0.2, 0) is 0 Å². The molecule has 0 heterocycles. The van der Waals surface area contributed by atoms with E-state index in [-0.39, 0.29) is 0 Å². The van der Waals surface area contributed by atoms with Gasteiger partial charge in [-0.1, -0.05) is 176 Å². The fraction of sp³-hybridized carbons (Fsp3) is 1.00. The summed E-state index contributed by atoms with van der Waals surface area (Å²) in [4.78, 5) is 0. The first-order valence-corrected chi connectivity index (χ1v) is 29.3. The minimum Gasteiger partial charge on any atom is -0.0654 e. The Balaban J connectivity index is 4.68. The first kappa shape index (κ1) is 50.9. The van der Waals surface area contributed by atoms with Crippen LogP contribution in [0.5, 0.6) is 0 Å². The maximum absolute atomic E-state index is 2.41. The molecule has 0 N–H and O–H groups in total.